The first-order chi connectivity index (χ1) is 12.0. The Bertz CT molecular complexity index is 871. The minimum Gasteiger partial charge on any atom is -0.462 e. The topological polar surface area (TPSA) is 101 Å². The predicted octanol–water partition coefficient (Wildman–Crippen LogP) is 0.872. The number of rotatable bonds is 5. The van der Waals surface area contributed by atoms with Gasteiger partial charge in [0.05, 0.1) is 12.2 Å². The van der Waals surface area contributed by atoms with E-state index in [0.29, 0.717) is 17.5 Å². The van der Waals surface area contributed by atoms with E-state index in [0.717, 1.165) is 0 Å². The highest BCUT2D eigenvalue weighted by Crippen LogP contribution is 2.43. The summed E-state index contributed by atoms with van der Waals surface area (Å²) in [5.74, 6) is -0.665. The lowest BCUT2D eigenvalue weighted by Crippen LogP contribution is -2.48. The Morgan fingerprint density at radius 2 is 2.04 bits per heavy atom. The molecule has 0 aliphatic heterocycles. The molecule has 0 saturated heterocycles. The number of ether oxygens (including phenoxy) is 1. The molecule has 1 saturated carbocycles. The second-order valence-corrected chi connectivity index (χ2v) is 6.35. The highest BCUT2D eigenvalue weighted by Gasteiger charge is 2.43. The molecule has 7 heteroatoms. The van der Waals surface area contributed by atoms with Gasteiger partial charge in [-0.15, -0.1) is 0 Å². The molecular formula is C18H20N2O5. The van der Waals surface area contributed by atoms with Gasteiger partial charge in [-0.05, 0) is 31.4 Å². The molecule has 0 radical (unpaired) electrons. The molecule has 132 valence electrons. The fourth-order valence-corrected chi connectivity index (χ4v) is 3.22. The summed E-state index contributed by atoms with van der Waals surface area (Å²) in [5, 5.41) is 9.49. The van der Waals surface area contributed by atoms with Crippen LogP contribution in [-0.2, 0) is 4.74 Å². The number of aliphatic hydroxyl groups excluding tert-OH is 1. The number of nitrogens with zero attached hydrogens (tertiary/aromatic N) is 1. The van der Waals surface area contributed by atoms with Crippen molar-refractivity contribution in [3.05, 3.63) is 68.5 Å². The van der Waals surface area contributed by atoms with E-state index in [1.807, 2.05) is 6.07 Å². The molecule has 7 nitrogen and oxygen atoms in total. The Hall–Kier alpha value is -2.67. The zero-order valence-corrected chi connectivity index (χ0v) is 13.8. The molecule has 0 spiro atoms. The largest absolute Gasteiger partial charge is 0.462 e. The standard InChI is InChI=1S/C18H20N2O5/c1-11-8-20(18(24)19-16(11)22)15-7-13(9-21)14(15)10-25-17(23)12-5-3-2-4-6-12/h2-6,8,13-15,21H,7,9-10H2,1H3,(H,19,22,24)/t13-,14-,15-/m1/s1. The summed E-state index contributed by atoms with van der Waals surface area (Å²) < 4.78 is 6.83. The van der Waals surface area contributed by atoms with E-state index >= 15 is 0 Å². The molecule has 0 amide bonds. The first-order valence-electron chi connectivity index (χ1n) is 8.16. The number of carbonyl (C=O) groups excluding carboxylic acids is 1. The van der Waals surface area contributed by atoms with Crippen molar-refractivity contribution in [2.24, 2.45) is 11.8 Å². The third-order valence-electron chi connectivity index (χ3n) is 4.80. The van der Waals surface area contributed by atoms with Gasteiger partial charge in [0, 0.05) is 30.3 Å². The molecule has 1 aliphatic carbocycles. The van der Waals surface area contributed by atoms with Crippen LogP contribution in [-0.4, -0.2) is 33.8 Å². The lowest BCUT2D eigenvalue weighted by atomic mass is 9.69. The van der Waals surface area contributed by atoms with Crippen LogP contribution in [0.15, 0.2) is 46.1 Å². The zero-order chi connectivity index (χ0) is 18.0. The van der Waals surface area contributed by atoms with Gasteiger partial charge in [-0.2, -0.15) is 0 Å². The maximum atomic E-state index is 12.1. The van der Waals surface area contributed by atoms with E-state index in [2.05, 4.69) is 4.98 Å². The maximum absolute atomic E-state index is 12.1. The van der Waals surface area contributed by atoms with E-state index in [4.69, 9.17) is 4.74 Å². The molecule has 2 aromatic rings. The first-order valence-corrected chi connectivity index (χ1v) is 8.16. The Balaban J connectivity index is 1.74. The second-order valence-electron chi connectivity index (χ2n) is 6.35. The van der Waals surface area contributed by atoms with E-state index in [-0.39, 0.29) is 31.1 Å². The number of aliphatic hydroxyl groups is 1. The van der Waals surface area contributed by atoms with Crippen molar-refractivity contribution >= 4 is 5.97 Å². The van der Waals surface area contributed by atoms with Crippen LogP contribution in [0.25, 0.3) is 0 Å². The minimum absolute atomic E-state index is 0.0405. The molecule has 25 heavy (non-hydrogen) atoms. The summed E-state index contributed by atoms with van der Waals surface area (Å²) in [6.45, 7) is 1.69. The summed E-state index contributed by atoms with van der Waals surface area (Å²) in [4.78, 5) is 38.0. The van der Waals surface area contributed by atoms with Gasteiger partial charge in [0.25, 0.3) is 5.56 Å². The number of hydrogen-bond acceptors (Lipinski definition) is 5. The number of nitrogens with one attached hydrogen (secondary N) is 1. The summed E-state index contributed by atoms with van der Waals surface area (Å²) in [5.41, 5.74) is -0.00855. The third kappa shape index (κ3) is 3.41. The summed E-state index contributed by atoms with van der Waals surface area (Å²) in [6, 6.07) is 8.43. The zero-order valence-electron chi connectivity index (χ0n) is 13.8. The number of aromatic amines is 1. The maximum Gasteiger partial charge on any atom is 0.338 e. The molecule has 0 unspecified atom stereocenters. The fraction of sp³-hybridized carbons (Fsp3) is 0.389. The van der Waals surface area contributed by atoms with E-state index < -0.39 is 17.2 Å². The van der Waals surface area contributed by atoms with Gasteiger partial charge in [-0.3, -0.25) is 14.3 Å². The normalized spacial score (nSPS) is 22.2. The van der Waals surface area contributed by atoms with Crippen molar-refractivity contribution in [2.45, 2.75) is 19.4 Å². The van der Waals surface area contributed by atoms with Crippen LogP contribution >= 0.6 is 0 Å². The molecule has 1 aromatic heterocycles. The van der Waals surface area contributed by atoms with Gasteiger partial charge < -0.3 is 9.84 Å². The van der Waals surface area contributed by atoms with Crippen LogP contribution in [0.3, 0.4) is 0 Å². The van der Waals surface area contributed by atoms with Gasteiger partial charge in [-0.25, -0.2) is 9.59 Å². The average Bonchev–Trinajstić information content (AvgIpc) is 2.59. The van der Waals surface area contributed by atoms with Crippen LogP contribution in [0.2, 0.25) is 0 Å². The van der Waals surface area contributed by atoms with E-state index in [1.165, 1.54) is 10.8 Å². The van der Waals surface area contributed by atoms with E-state index in [1.54, 1.807) is 31.2 Å². The number of esters is 1. The Morgan fingerprint density at radius 3 is 2.72 bits per heavy atom. The highest BCUT2D eigenvalue weighted by molar-refractivity contribution is 5.89. The van der Waals surface area contributed by atoms with Crippen LogP contribution in [0.1, 0.15) is 28.4 Å². The Morgan fingerprint density at radius 1 is 1.32 bits per heavy atom. The van der Waals surface area contributed by atoms with Gasteiger partial charge in [0.15, 0.2) is 0 Å². The van der Waals surface area contributed by atoms with Crippen LogP contribution in [0.4, 0.5) is 0 Å². The number of carbonyl (C=O) groups is 1. The lowest BCUT2D eigenvalue weighted by molar-refractivity contribution is -0.0240. The monoisotopic (exact) mass is 344 g/mol. The molecule has 1 heterocycles. The molecule has 1 fully saturated rings. The van der Waals surface area contributed by atoms with Crippen LogP contribution < -0.4 is 11.2 Å². The van der Waals surface area contributed by atoms with E-state index in [9.17, 15) is 19.5 Å². The number of H-pyrrole nitrogens is 1. The summed E-state index contributed by atoms with van der Waals surface area (Å²) in [6.07, 6.45) is 2.11. The van der Waals surface area contributed by atoms with Gasteiger partial charge in [0.1, 0.15) is 0 Å². The molecule has 1 aliphatic rings. The molecule has 3 atom stereocenters. The fourth-order valence-electron chi connectivity index (χ4n) is 3.22. The van der Waals surface area contributed by atoms with Crippen molar-refractivity contribution in [2.75, 3.05) is 13.2 Å². The van der Waals surface area contributed by atoms with Crippen LogP contribution in [0, 0.1) is 18.8 Å². The molecule has 2 N–H and O–H groups in total. The van der Waals surface area contributed by atoms with Gasteiger partial charge in [-0.1, -0.05) is 18.2 Å². The average molecular weight is 344 g/mol. The Labute approximate surface area is 143 Å². The lowest BCUT2D eigenvalue weighted by Gasteiger charge is -2.44. The van der Waals surface area contributed by atoms with Gasteiger partial charge >= 0.3 is 11.7 Å². The number of aromatic nitrogens is 2. The quantitative estimate of drug-likeness (QED) is 0.784. The SMILES string of the molecule is Cc1cn([C@@H]2C[C@H](CO)[C@H]2COC(=O)c2ccccc2)c(=O)[nH]c1=O. The molecule has 1 aromatic carbocycles. The number of hydrogen-bond donors (Lipinski definition) is 2. The molecule has 3 rings (SSSR count). The number of benzene rings is 1. The molecular weight excluding hydrogens is 324 g/mol. The van der Waals surface area contributed by atoms with Crippen molar-refractivity contribution < 1.29 is 14.6 Å². The minimum atomic E-state index is -0.489. The van der Waals surface area contributed by atoms with Crippen LogP contribution in [0.5, 0.6) is 0 Å². The number of aryl methyl sites for hydroxylation is 1. The summed E-state index contributed by atoms with van der Waals surface area (Å²) in [7, 11) is 0. The van der Waals surface area contributed by atoms with Crippen molar-refractivity contribution in [1.82, 2.24) is 9.55 Å². The van der Waals surface area contributed by atoms with Crippen molar-refractivity contribution in [3.63, 3.8) is 0 Å². The third-order valence-corrected chi connectivity index (χ3v) is 4.80. The van der Waals surface area contributed by atoms with Crippen molar-refractivity contribution in [1.29, 1.82) is 0 Å². The van der Waals surface area contributed by atoms with Gasteiger partial charge in [0.2, 0.25) is 0 Å². The second kappa shape index (κ2) is 7.06. The Kier molecular flexibility index (Phi) is 4.85. The first kappa shape index (κ1) is 17.2. The highest BCUT2D eigenvalue weighted by atomic mass is 16.5. The van der Waals surface area contributed by atoms with Crippen molar-refractivity contribution in [3.8, 4) is 0 Å². The predicted molar refractivity (Wildman–Crippen MR) is 90.5 cm³/mol. The molecule has 0 bridgehead atoms. The smallest absolute Gasteiger partial charge is 0.338 e. The summed E-state index contributed by atoms with van der Waals surface area (Å²) >= 11 is 0.